The van der Waals surface area contributed by atoms with Crippen LogP contribution >= 0.6 is 22.6 Å². The van der Waals surface area contributed by atoms with Gasteiger partial charge in [0.1, 0.15) is 23.9 Å². The Morgan fingerprint density at radius 1 is 1.09 bits per heavy atom. The van der Waals surface area contributed by atoms with Crippen LogP contribution < -0.4 is 15.0 Å². The van der Waals surface area contributed by atoms with Crippen LogP contribution in [0.2, 0.25) is 0 Å². The molecule has 0 bridgehead atoms. The quantitative estimate of drug-likeness (QED) is 0.182. The third kappa shape index (κ3) is 6.29. The Labute approximate surface area is 267 Å². The van der Waals surface area contributed by atoms with Gasteiger partial charge in [-0.15, -0.1) is 0 Å². The van der Waals surface area contributed by atoms with E-state index in [1.165, 1.54) is 40.2 Å². The number of likely N-dealkylation sites (N-methyl/N-ethyl adjacent to an activating group) is 1. The van der Waals surface area contributed by atoms with Crippen LogP contribution in [0.3, 0.4) is 0 Å². The number of carboxylic acid groups (broad SMARTS) is 2. The molecule has 3 amide bonds. The standard InChI is InChI=1S/C31H34IN3O9/c1-30(2,3)24(27(39)35-15-5-6-21(35)26(38)34(4)19-11-9-18(32)10-12-19)33-23(36)14-8-17-7-13-22-20(16-17)25(37)31(44-22,28(40)41)29(42)43/h7-14,16,21,24-25,37H,5-6,15H2,1-4H3,(H,33,36)(H,40,41)(H,42,43)/t21-,24+,25?/m0/s1. The van der Waals surface area contributed by atoms with Crippen LogP contribution in [0.4, 0.5) is 5.69 Å². The Kier molecular flexibility index (Phi) is 9.40. The maximum atomic E-state index is 13.8. The molecule has 4 N–H and O–H groups in total. The summed E-state index contributed by atoms with van der Waals surface area (Å²) in [5.41, 5.74) is -2.57. The lowest BCUT2D eigenvalue weighted by atomic mass is 9.85. The lowest BCUT2D eigenvalue weighted by Gasteiger charge is -2.36. The van der Waals surface area contributed by atoms with Gasteiger partial charge in [0.05, 0.1) is 0 Å². The van der Waals surface area contributed by atoms with E-state index < -0.39 is 47.0 Å². The second kappa shape index (κ2) is 12.6. The van der Waals surface area contributed by atoms with Crippen molar-refractivity contribution in [2.24, 2.45) is 5.41 Å². The fourth-order valence-electron chi connectivity index (χ4n) is 5.32. The molecule has 2 heterocycles. The van der Waals surface area contributed by atoms with Gasteiger partial charge in [-0.05, 0) is 88.9 Å². The number of benzene rings is 2. The van der Waals surface area contributed by atoms with Gasteiger partial charge in [0.25, 0.3) is 0 Å². The zero-order chi connectivity index (χ0) is 32.6. The monoisotopic (exact) mass is 719 g/mol. The van der Waals surface area contributed by atoms with Crippen LogP contribution in [0.5, 0.6) is 5.75 Å². The van der Waals surface area contributed by atoms with Crippen molar-refractivity contribution < 1.29 is 44.0 Å². The van der Waals surface area contributed by atoms with Crippen molar-refractivity contribution in [2.45, 2.75) is 57.4 Å². The van der Waals surface area contributed by atoms with Gasteiger partial charge in [0.15, 0.2) is 0 Å². The smallest absolute Gasteiger partial charge is 0.363 e. The molecule has 12 nitrogen and oxygen atoms in total. The van der Waals surface area contributed by atoms with Gasteiger partial charge in [0, 0.05) is 34.5 Å². The van der Waals surface area contributed by atoms with Crippen molar-refractivity contribution in [3.05, 3.63) is 63.2 Å². The predicted molar refractivity (Wildman–Crippen MR) is 168 cm³/mol. The zero-order valence-corrected chi connectivity index (χ0v) is 26.8. The minimum Gasteiger partial charge on any atom is -0.478 e. The number of hydrogen-bond acceptors (Lipinski definition) is 7. The SMILES string of the molecule is CN(C(=O)[C@@H]1CCCN1C(=O)[C@@H](NC(=O)C=Cc1ccc2c(c1)C(O)C(C(=O)O)(C(=O)O)O2)C(C)(C)C)c1ccc(I)cc1. The number of nitrogens with zero attached hydrogens (tertiary/aromatic N) is 2. The number of likely N-dealkylation sites (tertiary alicyclic amines) is 1. The zero-order valence-electron chi connectivity index (χ0n) is 24.6. The summed E-state index contributed by atoms with van der Waals surface area (Å²) in [6.45, 7) is 5.80. The third-order valence-corrected chi connectivity index (χ3v) is 8.53. The maximum Gasteiger partial charge on any atom is 0.363 e. The van der Waals surface area contributed by atoms with E-state index >= 15 is 0 Å². The molecule has 1 unspecified atom stereocenters. The molecule has 3 atom stereocenters. The topological polar surface area (TPSA) is 174 Å². The van der Waals surface area contributed by atoms with Gasteiger partial charge in [0.2, 0.25) is 17.7 Å². The number of nitrogens with one attached hydrogen (secondary N) is 1. The molecule has 44 heavy (non-hydrogen) atoms. The Hall–Kier alpha value is -3.98. The van der Waals surface area contributed by atoms with Crippen molar-refractivity contribution in [2.75, 3.05) is 18.5 Å². The lowest BCUT2D eigenvalue weighted by molar-refractivity contribution is -0.180. The average Bonchev–Trinajstić information content (AvgIpc) is 3.57. The van der Waals surface area contributed by atoms with Gasteiger partial charge in [-0.2, -0.15) is 0 Å². The van der Waals surface area contributed by atoms with Gasteiger partial charge in [-0.1, -0.05) is 26.8 Å². The largest absolute Gasteiger partial charge is 0.478 e. The van der Waals surface area contributed by atoms with Gasteiger partial charge >= 0.3 is 17.5 Å². The number of carboxylic acids is 2. The lowest BCUT2D eigenvalue weighted by Crippen LogP contribution is -2.57. The van der Waals surface area contributed by atoms with E-state index in [0.29, 0.717) is 30.6 Å². The van der Waals surface area contributed by atoms with Gasteiger partial charge in [-0.25, -0.2) is 9.59 Å². The molecule has 1 saturated heterocycles. The van der Waals surface area contributed by atoms with Crippen LogP contribution in [-0.4, -0.2) is 81.2 Å². The van der Waals surface area contributed by atoms with Crippen molar-refractivity contribution in [3.63, 3.8) is 0 Å². The molecule has 1 fully saturated rings. The average molecular weight is 720 g/mol. The molecule has 0 aromatic heterocycles. The number of aliphatic carboxylic acids is 2. The minimum atomic E-state index is -2.88. The first-order chi connectivity index (χ1) is 20.6. The number of ether oxygens (including phenoxy) is 1. The van der Waals surface area contributed by atoms with Crippen molar-refractivity contribution in [1.29, 1.82) is 0 Å². The summed E-state index contributed by atoms with van der Waals surface area (Å²) < 4.78 is 6.15. The number of carbonyl (C=O) groups is 5. The predicted octanol–water partition coefficient (Wildman–Crippen LogP) is 2.82. The molecule has 4 rings (SSSR count). The second-order valence-electron chi connectivity index (χ2n) is 11.9. The molecule has 0 saturated carbocycles. The molecular weight excluding hydrogens is 685 g/mol. The Morgan fingerprint density at radius 3 is 2.32 bits per heavy atom. The molecule has 2 aliphatic rings. The Balaban J connectivity index is 1.49. The number of hydrogen-bond donors (Lipinski definition) is 4. The van der Waals surface area contributed by atoms with Crippen LogP contribution in [0.15, 0.2) is 48.5 Å². The molecule has 13 heteroatoms. The fourth-order valence-corrected chi connectivity index (χ4v) is 5.68. The number of carbonyl (C=O) groups excluding carboxylic acids is 3. The summed E-state index contributed by atoms with van der Waals surface area (Å²) >= 11 is 2.18. The summed E-state index contributed by atoms with van der Waals surface area (Å²) in [5.74, 6) is -5.00. The molecule has 2 aromatic rings. The molecule has 0 radical (unpaired) electrons. The number of amides is 3. The fraction of sp³-hybridized carbons (Fsp3) is 0.387. The summed E-state index contributed by atoms with van der Waals surface area (Å²) in [6, 6.07) is 9.95. The van der Waals surface area contributed by atoms with E-state index in [-0.39, 0.29) is 23.1 Å². The number of halogens is 1. The van der Waals surface area contributed by atoms with Crippen molar-refractivity contribution in [3.8, 4) is 5.75 Å². The van der Waals surface area contributed by atoms with E-state index in [4.69, 9.17) is 4.74 Å². The molecule has 2 aromatic carbocycles. The first-order valence-corrected chi connectivity index (χ1v) is 15.0. The number of anilines is 1. The summed E-state index contributed by atoms with van der Waals surface area (Å²) in [7, 11) is 1.67. The minimum absolute atomic E-state index is 0.0555. The molecule has 234 valence electrons. The highest BCUT2D eigenvalue weighted by Crippen LogP contribution is 2.44. The summed E-state index contributed by atoms with van der Waals surface area (Å²) in [6.07, 6.45) is 1.72. The van der Waals surface area contributed by atoms with Crippen LogP contribution in [0.1, 0.15) is 50.8 Å². The molecule has 2 aliphatic heterocycles. The van der Waals surface area contributed by atoms with E-state index in [0.717, 1.165) is 3.57 Å². The highest BCUT2D eigenvalue weighted by atomic mass is 127. The molecular formula is C31H34IN3O9. The van der Waals surface area contributed by atoms with Crippen LogP contribution in [0, 0.1) is 8.99 Å². The third-order valence-electron chi connectivity index (χ3n) is 7.81. The molecule has 0 spiro atoms. The van der Waals surface area contributed by atoms with E-state index in [2.05, 4.69) is 27.9 Å². The summed E-state index contributed by atoms with van der Waals surface area (Å²) in [5, 5.41) is 32.2. The number of aliphatic hydroxyl groups excluding tert-OH is 1. The highest BCUT2D eigenvalue weighted by Gasteiger charge is 2.61. The maximum absolute atomic E-state index is 13.8. The van der Waals surface area contributed by atoms with Crippen LogP contribution in [-0.2, 0) is 24.0 Å². The Bertz CT molecular complexity index is 1500. The van der Waals surface area contributed by atoms with Crippen molar-refractivity contribution >= 4 is 64.0 Å². The van der Waals surface area contributed by atoms with E-state index in [9.17, 15) is 39.3 Å². The molecule has 0 aliphatic carbocycles. The first kappa shape index (κ1) is 32.9. The van der Waals surface area contributed by atoms with Gasteiger partial charge in [-0.3, -0.25) is 14.4 Å². The van der Waals surface area contributed by atoms with Crippen LogP contribution in [0.25, 0.3) is 6.08 Å². The normalized spacial score (nSPS) is 19.6. The van der Waals surface area contributed by atoms with E-state index in [1.54, 1.807) is 7.05 Å². The van der Waals surface area contributed by atoms with Crippen molar-refractivity contribution in [1.82, 2.24) is 10.2 Å². The Morgan fingerprint density at radius 2 is 1.73 bits per heavy atom. The first-order valence-electron chi connectivity index (χ1n) is 13.9. The highest BCUT2D eigenvalue weighted by molar-refractivity contribution is 14.1. The number of fused-ring (bicyclic) bond motifs is 1. The van der Waals surface area contributed by atoms with E-state index in [1.807, 2.05) is 45.0 Å². The number of rotatable bonds is 8. The van der Waals surface area contributed by atoms with Gasteiger partial charge < -0.3 is 35.2 Å². The summed E-state index contributed by atoms with van der Waals surface area (Å²) in [4.78, 5) is 66.7. The number of aliphatic hydroxyl groups is 1. The second-order valence-corrected chi connectivity index (χ2v) is 13.1.